The molecule has 0 aliphatic carbocycles. The Balaban J connectivity index is 2.02. The molecule has 0 aromatic carbocycles. The lowest BCUT2D eigenvalue weighted by Gasteiger charge is -2.01. The van der Waals surface area contributed by atoms with Crippen LogP contribution in [0, 0.1) is 0 Å². The highest BCUT2D eigenvalue weighted by Gasteiger charge is 2.04. The van der Waals surface area contributed by atoms with Crippen molar-refractivity contribution in [2.45, 2.75) is 6.42 Å². The quantitative estimate of drug-likeness (QED) is 0.870. The maximum atomic E-state index is 10.8. The first kappa shape index (κ1) is 11.7. The molecule has 0 fully saturated rings. The van der Waals surface area contributed by atoms with Crippen molar-refractivity contribution in [1.29, 1.82) is 0 Å². The average molecular weight is 255 g/mol. The molecule has 2 aromatic rings. The molecule has 0 radical (unpaired) electrons. The van der Waals surface area contributed by atoms with Gasteiger partial charge in [0.15, 0.2) is 10.8 Å². The van der Waals surface area contributed by atoms with E-state index in [4.69, 9.17) is 11.6 Å². The van der Waals surface area contributed by atoms with Crippen LogP contribution in [-0.4, -0.2) is 34.9 Å². The number of nitrogens with zero attached hydrogens (tertiary/aromatic N) is 2. The molecule has 2 rings (SSSR count). The highest BCUT2D eigenvalue weighted by molar-refractivity contribution is 6.29. The minimum Gasteiger partial charge on any atom is -0.453 e. The normalized spacial score (nSPS) is 10.5. The van der Waals surface area contributed by atoms with Crippen LogP contribution in [0.4, 0.5) is 4.79 Å². The van der Waals surface area contributed by atoms with Crippen LogP contribution < -0.4 is 5.32 Å². The van der Waals surface area contributed by atoms with Crippen LogP contribution in [0.1, 0.15) is 5.69 Å². The molecule has 0 saturated carbocycles. The van der Waals surface area contributed by atoms with Gasteiger partial charge in [0.05, 0.1) is 7.11 Å². The lowest BCUT2D eigenvalue weighted by molar-refractivity contribution is 0.171. The van der Waals surface area contributed by atoms with E-state index in [1.54, 1.807) is 6.07 Å². The van der Waals surface area contributed by atoms with E-state index in [9.17, 15) is 4.79 Å². The van der Waals surface area contributed by atoms with Crippen molar-refractivity contribution < 1.29 is 9.53 Å². The second-order valence-corrected chi connectivity index (χ2v) is 3.82. The number of halogens is 1. The molecule has 0 spiro atoms. The van der Waals surface area contributed by atoms with Crippen LogP contribution in [0.15, 0.2) is 12.1 Å². The van der Waals surface area contributed by atoms with Gasteiger partial charge in [0.25, 0.3) is 0 Å². The maximum Gasteiger partial charge on any atom is 0.406 e. The summed E-state index contributed by atoms with van der Waals surface area (Å²) in [5.74, 6) is 0. The van der Waals surface area contributed by atoms with E-state index in [0.29, 0.717) is 23.8 Å². The zero-order valence-corrected chi connectivity index (χ0v) is 9.91. The number of aromatic amines is 1. The minimum absolute atomic E-state index is 0.357. The van der Waals surface area contributed by atoms with Gasteiger partial charge in [-0.3, -0.25) is 0 Å². The van der Waals surface area contributed by atoms with Gasteiger partial charge in [-0.2, -0.15) is 0 Å². The summed E-state index contributed by atoms with van der Waals surface area (Å²) in [5, 5.41) is 11.5. The van der Waals surface area contributed by atoms with Gasteiger partial charge in [-0.05, 0) is 12.1 Å². The van der Waals surface area contributed by atoms with Gasteiger partial charge in [0.2, 0.25) is 0 Å². The molecule has 0 atom stereocenters. The fourth-order valence-corrected chi connectivity index (χ4v) is 1.63. The van der Waals surface area contributed by atoms with Crippen molar-refractivity contribution in [3.8, 4) is 0 Å². The lowest BCUT2D eigenvalue weighted by atomic mass is 10.3. The number of nitrogens with one attached hydrogen (secondary N) is 2. The third kappa shape index (κ3) is 2.85. The Morgan fingerprint density at radius 1 is 1.53 bits per heavy atom. The van der Waals surface area contributed by atoms with Gasteiger partial charge in [-0.25, -0.2) is 4.79 Å². The number of methoxy groups -OCH3 is 1. The molecule has 90 valence electrons. The number of carbonyl (C=O) groups is 1. The molecule has 2 heterocycles. The van der Waals surface area contributed by atoms with Crippen molar-refractivity contribution in [2.75, 3.05) is 13.7 Å². The van der Waals surface area contributed by atoms with Gasteiger partial charge in [-0.15, -0.1) is 10.2 Å². The molecular formula is C10H11ClN4O2. The van der Waals surface area contributed by atoms with E-state index in [0.717, 1.165) is 11.1 Å². The van der Waals surface area contributed by atoms with Gasteiger partial charge < -0.3 is 15.0 Å². The van der Waals surface area contributed by atoms with Crippen LogP contribution in [0.3, 0.4) is 0 Å². The number of rotatable bonds is 3. The summed E-state index contributed by atoms with van der Waals surface area (Å²) in [6, 6.07) is 3.66. The zero-order valence-electron chi connectivity index (χ0n) is 9.16. The molecule has 2 N–H and O–H groups in total. The van der Waals surface area contributed by atoms with E-state index in [-0.39, 0.29) is 0 Å². The predicted octanol–water partition coefficient (Wildman–Crippen LogP) is 1.51. The molecule has 1 amide bonds. The summed E-state index contributed by atoms with van der Waals surface area (Å²) < 4.78 is 4.46. The number of aromatic nitrogens is 3. The number of hydrogen-bond acceptors (Lipinski definition) is 4. The molecule has 0 saturated heterocycles. The number of fused-ring (bicyclic) bond motifs is 1. The number of hydrogen-bond donors (Lipinski definition) is 2. The summed E-state index contributed by atoms with van der Waals surface area (Å²) in [4.78, 5) is 13.9. The topological polar surface area (TPSA) is 79.9 Å². The first-order valence-corrected chi connectivity index (χ1v) is 5.39. The predicted molar refractivity (Wildman–Crippen MR) is 63.0 cm³/mol. The maximum absolute atomic E-state index is 10.8. The van der Waals surface area contributed by atoms with Crippen LogP contribution in [-0.2, 0) is 11.2 Å². The second kappa shape index (κ2) is 5.01. The van der Waals surface area contributed by atoms with Crippen LogP contribution in [0.5, 0.6) is 0 Å². The van der Waals surface area contributed by atoms with Gasteiger partial charge >= 0.3 is 6.09 Å². The molecular weight excluding hydrogens is 244 g/mol. The van der Waals surface area contributed by atoms with Crippen LogP contribution in [0.2, 0.25) is 5.15 Å². The number of H-pyrrole nitrogens is 1. The molecule has 0 unspecified atom stereocenters. The van der Waals surface area contributed by atoms with E-state index < -0.39 is 6.09 Å². The fraction of sp³-hybridized carbons (Fsp3) is 0.300. The molecule has 0 bridgehead atoms. The van der Waals surface area contributed by atoms with Gasteiger partial charge in [-0.1, -0.05) is 11.6 Å². The number of amides is 1. The van der Waals surface area contributed by atoms with Crippen LogP contribution >= 0.6 is 11.6 Å². The summed E-state index contributed by atoms with van der Waals surface area (Å²) >= 11 is 5.73. The molecule has 7 heteroatoms. The Labute approximate surface area is 102 Å². The SMILES string of the molecule is COC(=O)NCCc1cc2cc(Cl)nnc2[nH]1. The second-order valence-electron chi connectivity index (χ2n) is 3.43. The highest BCUT2D eigenvalue weighted by Crippen LogP contribution is 2.15. The Morgan fingerprint density at radius 2 is 2.35 bits per heavy atom. The Kier molecular flexibility index (Phi) is 3.43. The number of ether oxygens (including phenoxy) is 1. The van der Waals surface area contributed by atoms with Crippen molar-refractivity contribution in [2.24, 2.45) is 0 Å². The summed E-state index contributed by atoms with van der Waals surface area (Å²) in [7, 11) is 1.33. The van der Waals surface area contributed by atoms with Crippen molar-refractivity contribution in [3.05, 3.63) is 23.0 Å². The van der Waals surface area contributed by atoms with Crippen molar-refractivity contribution in [1.82, 2.24) is 20.5 Å². The summed E-state index contributed by atoms with van der Waals surface area (Å²) in [6.45, 7) is 0.487. The molecule has 6 nitrogen and oxygen atoms in total. The molecule has 0 aliphatic rings. The first-order chi connectivity index (χ1) is 8.19. The first-order valence-electron chi connectivity index (χ1n) is 5.01. The molecule has 17 heavy (non-hydrogen) atoms. The largest absolute Gasteiger partial charge is 0.453 e. The van der Waals surface area contributed by atoms with Gasteiger partial charge in [0, 0.05) is 24.0 Å². The third-order valence-corrected chi connectivity index (χ3v) is 2.44. The van der Waals surface area contributed by atoms with Crippen LogP contribution in [0.25, 0.3) is 11.0 Å². The summed E-state index contributed by atoms with van der Waals surface area (Å²) in [5.41, 5.74) is 1.63. The Bertz CT molecular complexity index is 540. The Hall–Kier alpha value is -1.82. The number of carbonyl (C=O) groups excluding carboxylic acids is 1. The average Bonchev–Trinajstić information content (AvgIpc) is 2.70. The van der Waals surface area contributed by atoms with E-state index in [2.05, 4.69) is 25.2 Å². The molecule has 2 aromatic heterocycles. The monoisotopic (exact) mass is 254 g/mol. The van der Waals surface area contributed by atoms with E-state index in [1.807, 2.05) is 6.07 Å². The number of alkyl carbamates (subject to hydrolysis) is 1. The lowest BCUT2D eigenvalue weighted by Crippen LogP contribution is -2.25. The molecule has 0 aliphatic heterocycles. The van der Waals surface area contributed by atoms with Crippen molar-refractivity contribution in [3.63, 3.8) is 0 Å². The highest BCUT2D eigenvalue weighted by atomic mass is 35.5. The fourth-order valence-electron chi connectivity index (χ4n) is 1.47. The standard InChI is InChI=1S/C10H11ClN4O2/c1-17-10(16)12-3-2-7-4-6-5-8(11)14-15-9(6)13-7/h4-5H,2-3H2,1H3,(H,12,16)(H,13,15). The zero-order chi connectivity index (χ0) is 12.3. The van der Waals surface area contributed by atoms with E-state index >= 15 is 0 Å². The van der Waals surface area contributed by atoms with Crippen molar-refractivity contribution >= 4 is 28.7 Å². The smallest absolute Gasteiger partial charge is 0.406 e. The summed E-state index contributed by atoms with van der Waals surface area (Å²) in [6.07, 6.45) is 0.215. The van der Waals surface area contributed by atoms with Gasteiger partial charge in [0.1, 0.15) is 0 Å². The Morgan fingerprint density at radius 3 is 3.12 bits per heavy atom. The third-order valence-electron chi connectivity index (χ3n) is 2.25. The van der Waals surface area contributed by atoms with E-state index in [1.165, 1.54) is 7.11 Å². The minimum atomic E-state index is -0.441.